The Labute approximate surface area is 95.3 Å². The molecular formula is C14H17NO. The van der Waals surface area contributed by atoms with E-state index < -0.39 is 0 Å². The zero-order valence-electron chi connectivity index (χ0n) is 10.1. The van der Waals surface area contributed by atoms with Crippen LogP contribution in [-0.4, -0.2) is 4.98 Å². The SMILES string of the molecule is CCc1ccc2[nH]c(C)c(CC)c(=O)c2c1. The van der Waals surface area contributed by atoms with Gasteiger partial charge in [-0.1, -0.05) is 19.9 Å². The quantitative estimate of drug-likeness (QED) is 0.820. The highest BCUT2D eigenvalue weighted by Gasteiger charge is 2.07. The van der Waals surface area contributed by atoms with Gasteiger partial charge in [0.05, 0.1) is 0 Å². The topological polar surface area (TPSA) is 32.9 Å². The number of pyridine rings is 1. The average Bonchev–Trinajstić information content (AvgIpc) is 2.29. The minimum absolute atomic E-state index is 0.184. The van der Waals surface area contributed by atoms with Crippen molar-refractivity contribution < 1.29 is 0 Å². The van der Waals surface area contributed by atoms with Crippen LogP contribution in [0.5, 0.6) is 0 Å². The number of fused-ring (bicyclic) bond motifs is 1. The fourth-order valence-electron chi connectivity index (χ4n) is 2.14. The highest BCUT2D eigenvalue weighted by Crippen LogP contribution is 2.14. The van der Waals surface area contributed by atoms with Crippen LogP contribution in [0, 0.1) is 6.92 Å². The average molecular weight is 215 g/mol. The highest BCUT2D eigenvalue weighted by molar-refractivity contribution is 5.80. The molecule has 1 aromatic carbocycles. The number of aromatic nitrogens is 1. The molecule has 84 valence electrons. The van der Waals surface area contributed by atoms with Crippen LogP contribution in [-0.2, 0) is 12.8 Å². The van der Waals surface area contributed by atoms with Gasteiger partial charge in [0.25, 0.3) is 0 Å². The lowest BCUT2D eigenvalue weighted by Crippen LogP contribution is -2.12. The predicted molar refractivity (Wildman–Crippen MR) is 68.1 cm³/mol. The van der Waals surface area contributed by atoms with Gasteiger partial charge < -0.3 is 4.98 Å². The third kappa shape index (κ3) is 1.64. The third-order valence-corrected chi connectivity index (χ3v) is 3.14. The zero-order valence-corrected chi connectivity index (χ0v) is 10.1. The summed E-state index contributed by atoms with van der Waals surface area (Å²) in [6.45, 7) is 6.09. The number of H-pyrrole nitrogens is 1. The molecule has 0 amide bonds. The molecule has 16 heavy (non-hydrogen) atoms. The van der Waals surface area contributed by atoms with Gasteiger partial charge in [0.15, 0.2) is 5.43 Å². The number of rotatable bonds is 2. The molecule has 0 atom stereocenters. The smallest absolute Gasteiger partial charge is 0.192 e. The zero-order chi connectivity index (χ0) is 11.7. The standard InChI is InChI=1S/C14H17NO/c1-4-10-6-7-13-12(8-10)14(16)11(5-2)9(3)15-13/h6-8H,4-5H2,1-3H3,(H,15,16). The molecule has 2 aromatic rings. The molecule has 0 spiro atoms. The van der Waals surface area contributed by atoms with Crippen molar-refractivity contribution in [1.82, 2.24) is 4.98 Å². The molecule has 0 saturated heterocycles. The summed E-state index contributed by atoms with van der Waals surface area (Å²) in [5, 5.41) is 0.821. The summed E-state index contributed by atoms with van der Waals surface area (Å²) < 4.78 is 0. The predicted octanol–water partition coefficient (Wildman–Crippen LogP) is 2.96. The molecule has 0 bridgehead atoms. The molecule has 2 nitrogen and oxygen atoms in total. The van der Waals surface area contributed by atoms with Crippen molar-refractivity contribution in [2.24, 2.45) is 0 Å². The second-order valence-corrected chi connectivity index (χ2v) is 4.14. The number of benzene rings is 1. The van der Waals surface area contributed by atoms with E-state index in [9.17, 15) is 4.79 Å². The molecule has 0 saturated carbocycles. The second kappa shape index (κ2) is 4.12. The summed E-state index contributed by atoms with van der Waals surface area (Å²) in [4.78, 5) is 15.5. The Morgan fingerprint density at radius 3 is 2.56 bits per heavy atom. The lowest BCUT2D eigenvalue weighted by atomic mass is 10.0. The van der Waals surface area contributed by atoms with Gasteiger partial charge in [-0.05, 0) is 37.5 Å². The molecule has 0 radical (unpaired) electrons. The minimum Gasteiger partial charge on any atom is -0.358 e. The van der Waals surface area contributed by atoms with E-state index in [1.807, 2.05) is 26.0 Å². The highest BCUT2D eigenvalue weighted by atomic mass is 16.1. The van der Waals surface area contributed by atoms with Gasteiger partial charge >= 0.3 is 0 Å². The summed E-state index contributed by atoms with van der Waals surface area (Å²) in [6, 6.07) is 6.08. The van der Waals surface area contributed by atoms with Gasteiger partial charge in [-0.2, -0.15) is 0 Å². The molecule has 0 aliphatic heterocycles. The van der Waals surface area contributed by atoms with E-state index >= 15 is 0 Å². The molecule has 1 heterocycles. The normalized spacial score (nSPS) is 10.9. The first-order valence-electron chi connectivity index (χ1n) is 5.81. The number of hydrogen-bond donors (Lipinski definition) is 1. The Morgan fingerprint density at radius 1 is 1.19 bits per heavy atom. The maximum absolute atomic E-state index is 12.2. The minimum atomic E-state index is 0.184. The van der Waals surface area contributed by atoms with E-state index in [1.54, 1.807) is 0 Å². The van der Waals surface area contributed by atoms with E-state index in [2.05, 4.69) is 18.0 Å². The Kier molecular flexibility index (Phi) is 2.82. The van der Waals surface area contributed by atoms with Gasteiger partial charge in [0, 0.05) is 22.2 Å². The van der Waals surface area contributed by atoms with Crippen molar-refractivity contribution in [3.05, 3.63) is 45.2 Å². The lowest BCUT2D eigenvalue weighted by molar-refractivity contribution is 1.05. The van der Waals surface area contributed by atoms with Gasteiger partial charge in [-0.3, -0.25) is 4.79 Å². The first-order valence-corrected chi connectivity index (χ1v) is 5.81. The molecule has 0 aliphatic rings. The van der Waals surface area contributed by atoms with E-state index in [1.165, 1.54) is 5.56 Å². The van der Waals surface area contributed by atoms with Gasteiger partial charge in [-0.15, -0.1) is 0 Å². The largest absolute Gasteiger partial charge is 0.358 e. The maximum atomic E-state index is 12.2. The Morgan fingerprint density at radius 2 is 1.94 bits per heavy atom. The summed E-state index contributed by atoms with van der Waals surface area (Å²) >= 11 is 0. The second-order valence-electron chi connectivity index (χ2n) is 4.14. The van der Waals surface area contributed by atoms with Gasteiger partial charge in [0.2, 0.25) is 0 Å². The van der Waals surface area contributed by atoms with Crippen molar-refractivity contribution in [2.75, 3.05) is 0 Å². The fourth-order valence-corrected chi connectivity index (χ4v) is 2.14. The fraction of sp³-hybridized carbons (Fsp3) is 0.357. The van der Waals surface area contributed by atoms with Crippen molar-refractivity contribution in [2.45, 2.75) is 33.6 Å². The van der Waals surface area contributed by atoms with Crippen molar-refractivity contribution in [3.8, 4) is 0 Å². The van der Waals surface area contributed by atoms with Crippen LogP contribution in [0.4, 0.5) is 0 Å². The van der Waals surface area contributed by atoms with Crippen LogP contribution in [0.2, 0.25) is 0 Å². The van der Waals surface area contributed by atoms with Crippen LogP contribution in [0.15, 0.2) is 23.0 Å². The molecule has 0 aliphatic carbocycles. The first kappa shape index (κ1) is 10.9. The van der Waals surface area contributed by atoms with Crippen molar-refractivity contribution in [1.29, 1.82) is 0 Å². The van der Waals surface area contributed by atoms with E-state index in [4.69, 9.17) is 0 Å². The monoisotopic (exact) mass is 215 g/mol. The molecule has 1 N–H and O–H groups in total. The Bertz CT molecular complexity index is 581. The van der Waals surface area contributed by atoms with Gasteiger partial charge in [-0.25, -0.2) is 0 Å². The van der Waals surface area contributed by atoms with Gasteiger partial charge in [0.1, 0.15) is 0 Å². The molecule has 0 unspecified atom stereocenters. The van der Waals surface area contributed by atoms with Crippen LogP contribution >= 0.6 is 0 Å². The number of nitrogens with one attached hydrogen (secondary N) is 1. The lowest BCUT2D eigenvalue weighted by Gasteiger charge is -2.07. The molecular weight excluding hydrogens is 198 g/mol. The number of hydrogen-bond acceptors (Lipinski definition) is 1. The summed E-state index contributed by atoms with van der Waals surface area (Å²) in [5.74, 6) is 0. The molecule has 1 aromatic heterocycles. The molecule has 0 fully saturated rings. The van der Waals surface area contributed by atoms with E-state index in [0.29, 0.717) is 0 Å². The molecule has 2 rings (SSSR count). The maximum Gasteiger partial charge on any atom is 0.192 e. The van der Waals surface area contributed by atoms with Crippen LogP contribution in [0.3, 0.4) is 0 Å². The molecule has 2 heteroatoms. The summed E-state index contributed by atoms with van der Waals surface area (Å²) in [6.07, 6.45) is 1.75. The number of aryl methyl sites for hydroxylation is 2. The van der Waals surface area contributed by atoms with Crippen molar-refractivity contribution in [3.63, 3.8) is 0 Å². The van der Waals surface area contributed by atoms with E-state index in [0.717, 1.165) is 35.0 Å². The van der Waals surface area contributed by atoms with Crippen LogP contribution < -0.4 is 5.43 Å². The summed E-state index contributed by atoms with van der Waals surface area (Å²) in [7, 11) is 0. The Balaban J connectivity index is 2.84. The van der Waals surface area contributed by atoms with Crippen molar-refractivity contribution >= 4 is 10.9 Å². The third-order valence-electron chi connectivity index (χ3n) is 3.14. The number of aromatic amines is 1. The first-order chi connectivity index (χ1) is 7.67. The summed E-state index contributed by atoms with van der Waals surface area (Å²) in [5.41, 5.74) is 4.23. The van der Waals surface area contributed by atoms with E-state index in [-0.39, 0.29) is 5.43 Å². The van der Waals surface area contributed by atoms with Crippen LogP contribution in [0.25, 0.3) is 10.9 Å². The Hall–Kier alpha value is -1.57. The van der Waals surface area contributed by atoms with Crippen LogP contribution in [0.1, 0.15) is 30.7 Å².